The lowest BCUT2D eigenvalue weighted by molar-refractivity contribution is 1.01. The molecule has 0 unspecified atom stereocenters. The van der Waals surface area contributed by atoms with Crippen molar-refractivity contribution in [3.63, 3.8) is 0 Å². The molecule has 0 bridgehead atoms. The molecule has 3 nitrogen and oxygen atoms in total. The van der Waals surface area contributed by atoms with E-state index in [1.54, 1.807) is 0 Å². The van der Waals surface area contributed by atoms with Gasteiger partial charge in [-0.15, -0.1) is 0 Å². The molecule has 0 radical (unpaired) electrons. The Morgan fingerprint density at radius 1 is 0.955 bits per heavy atom. The summed E-state index contributed by atoms with van der Waals surface area (Å²) >= 11 is 6.07. The summed E-state index contributed by atoms with van der Waals surface area (Å²) in [5, 5.41) is 4.00. The molecule has 0 amide bonds. The van der Waals surface area contributed by atoms with Gasteiger partial charge in [0.05, 0.1) is 0 Å². The number of para-hydroxylation sites is 1. The lowest BCUT2D eigenvalue weighted by Crippen LogP contribution is -2.00. The van der Waals surface area contributed by atoms with E-state index in [1.807, 2.05) is 60.7 Å². The molecule has 0 fully saturated rings. The second-order valence-electron chi connectivity index (χ2n) is 4.92. The van der Waals surface area contributed by atoms with Crippen LogP contribution in [0, 0.1) is 0 Å². The third kappa shape index (κ3) is 3.43. The number of benzene rings is 2. The molecule has 0 aliphatic rings. The highest BCUT2D eigenvalue weighted by Gasteiger charge is 2.07. The first-order valence-electron chi connectivity index (χ1n) is 7.20. The average molecular weight is 310 g/mol. The fraction of sp³-hybridized carbons (Fsp3) is 0.111. The fourth-order valence-corrected chi connectivity index (χ4v) is 2.36. The molecular weight excluding hydrogens is 294 g/mol. The van der Waals surface area contributed by atoms with E-state index in [-0.39, 0.29) is 0 Å². The van der Waals surface area contributed by atoms with Gasteiger partial charge in [-0.05, 0) is 30.7 Å². The third-order valence-electron chi connectivity index (χ3n) is 3.27. The van der Waals surface area contributed by atoms with Crippen molar-refractivity contribution in [3.8, 4) is 11.4 Å². The number of nitrogens with zero attached hydrogens (tertiary/aromatic N) is 2. The van der Waals surface area contributed by atoms with E-state index in [9.17, 15) is 0 Å². The van der Waals surface area contributed by atoms with Crippen molar-refractivity contribution in [3.05, 3.63) is 71.4 Å². The van der Waals surface area contributed by atoms with Gasteiger partial charge in [-0.2, -0.15) is 0 Å². The van der Waals surface area contributed by atoms with E-state index >= 15 is 0 Å². The fourth-order valence-electron chi connectivity index (χ4n) is 2.17. The van der Waals surface area contributed by atoms with Gasteiger partial charge in [0.2, 0.25) is 0 Å². The first-order chi connectivity index (χ1) is 10.7. The SMILES string of the molecule is CCc1cc(Nc2ccccc2)nc(-c2cccc(Cl)c2)n1. The van der Waals surface area contributed by atoms with Crippen molar-refractivity contribution < 1.29 is 0 Å². The van der Waals surface area contributed by atoms with Crippen LogP contribution in [0.4, 0.5) is 11.5 Å². The second-order valence-corrected chi connectivity index (χ2v) is 5.36. The summed E-state index contributed by atoms with van der Waals surface area (Å²) < 4.78 is 0. The zero-order valence-electron chi connectivity index (χ0n) is 12.3. The van der Waals surface area contributed by atoms with Gasteiger partial charge in [0, 0.05) is 28.0 Å². The number of aromatic nitrogens is 2. The maximum Gasteiger partial charge on any atom is 0.161 e. The van der Waals surface area contributed by atoms with Crippen molar-refractivity contribution in [2.45, 2.75) is 13.3 Å². The standard InChI is InChI=1S/C18H16ClN3/c1-2-15-12-17(20-16-9-4-3-5-10-16)22-18(21-15)13-7-6-8-14(19)11-13/h3-12H,2H2,1H3,(H,20,21,22). The molecule has 4 heteroatoms. The Hall–Kier alpha value is -2.39. The molecule has 0 aliphatic heterocycles. The maximum absolute atomic E-state index is 6.07. The summed E-state index contributed by atoms with van der Waals surface area (Å²) in [5.41, 5.74) is 2.91. The van der Waals surface area contributed by atoms with E-state index in [0.29, 0.717) is 10.8 Å². The molecule has 1 N–H and O–H groups in total. The van der Waals surface area contributed by atoms with Crippen LogP contribution in [0.15, 0.2) is 60.7 Å². The third-order valence-corrected chi connectivity index (χ3v) is 3.51. The Morgan fingerprint density at radius 2 is 1.77 bits per heavy atom. The largest absolute Gasteiger partial charge is 0.340 e. The zero-order chi connectivity index (χ0) is 15.4. The van der Waals surface area contributed by atoms with Crippen molar-refractivity contribution in [2.75, 3.05) is 5.32 Å². The number of aryl methyl sites for hydroxylation is 1. The molecule has 3 aromatic rings. The van der Waals surface area contributed by atoms with Crippen LogP contribution in [-0.2, 0) is 6.42 Å². The van der Waals surface area contributed by atoms with Crippen LogP contribution in [0.5, 0.6) is 0 Å². The molecule has 22 heavy (non-hydrogen) atoms. The first-order valence-corrected chi connectivity index (χ1v) is 7.58. The molecule has 1 heterocycles. The van der Waals surface area contributed by atoms with E-state index in [2.05, 4.69) is 22.2 Å². The number of rotatable bonds is 4. The van der Waals surface area contributed by atoms with Crippen LogP contribution in [0.2, 0.25) is 5.02 Å². The monoisotopic (exact) mass is 309 g/mol. The van der Waals surface area contributed by atoms with Gasteiger partial charge in [-0.25, -0.2) is 9.97 Å². The number of hydrogen-bond acceptors (Lipinski definition) is 3. The van der Waals surface area contributed by atoms with Crippen molar-refractivity contribution >= 4 is 23.1 Å². The topological polar surface area (TPSA) is 37.8 Å². The zero-order valence-corrected chi connectivity index (χ0v) is 13.0. The Kier molecular flexibility index (Phi) is 4.35. The Labute approximate surface area is 135 Å². The van der Waals surface area contributed by atoms with E-state index in [0.717, 1.165) is 29.2 Å². The maximum atomic E-state index is 6.07. The predicted molar refractivity (Wildman–Crippen MR) is 91.6 cm³/mol. The molecule has 0 aliphatic carbocycles. The highest BCUT2D eigenvalue weighted by Crippen LogP contribution is 2.23. The minimum Gasteiger partial charge on any atom is -0.340 e. The Balaban J connectivity index is 1.99. The number of nitrogens with one attached hydrogen (secondary N) is 1. The number of hydrogen-bond donors (Lipinski definition) is 1. The average Bonchev–Trinajstić information content (AvgIpc) is 2.55. The van der Waals surface area contributed by atoms with Crippen molar-refractivity contribution in [1.29, 1.82) is 0 Å². The van der Waals surface area contributed by atoms with Crippen molar-refractivity contribution in [1.82, 2.24) is 9.97 Å². The molecule has 0 atom stereocenters. The van der Waals surface area contributed by atoms with Crippen molar-refractivity contribution in [2.24, 2.45) is 0 Å². The normalized spacial score (nSPS) is 10.5. The molecule has 2 aromatic carbocycles. The second kappa shape index (κ2) is 6.58. The van der Waals surface area contributed by atoms with E-state index in [4.69, 9.17) is 11.6 Å². The molecule has 0 spiro atoms. The van der Waals surface area contributed by atoms with Gasteiger partial charge in [0.25, 0.3) is 0 Å². The lowest BCUT2D eigenvalue weighted by Gasteiger charge is -2.09. The van der Waals surface area contributed by atoms with Crippen LogP contribution in [0.25, 0.3) is 11.4 Å². The molecule has 1 aromatic heterocycles. The quantitative estimate of drug-likeness (QED) is 0.728. The van der Waals surface area contributed by atoms with Gasteiger partial charge in [-0.1, -0.05) is 48.9 Å². The smallest absolute Gasteiger partial charge is 0.161 e. The van der Waals surface area contributed by atoms with E-state index < -0.39 is 0 Å². The summed E-state index contributed by atoms with van der Waals surface area (Å²) in [6.45, 7) is 2.08. The highest BCUT2D eigenvalue weighted by molar-refractivity contribution is 6.30. The molecule has 0 saturated heterocycles. The molecule has 3 rings (SSSR count). The van der Waals surface area contributed by atoms with Gasteiger partial charge in [-0.3, -0.25) is 0 Å². The minimum absolute atomic E-state index is 0.681. The van der Waals surface area contributed by atoms with Gasteiger partial charge in [0.15, 0.2) is 5.82 Å². The summed E-state index contributed by atoms with van der Waals surface area (Å²) in [6.07, 6.45) is 0.847. The van der Waals surface area contributed by atoms with Crippen LogP contribution in [0.1, 0.15) is 12.6 Å². The van der Waals surface area contributed by atoms with E-state index in [1.165, 1.54) is 0 Å². The summed E-state index contributed by atoms with van der Waals surface area (Å²) in [6, 6.07) is 19.5. The predicted octanol–water partition coefficient (Wildman–Crippen LogP) is 5.10. The highest BCUT2D eigenvalue weighted by atomic mass is 35.5. The van der Waals surface area contributed by atoms with Gasteiger partial charge < -0.3 is 5.32 Å². The first kappa shape index (κ1) is 14.5. The van der Waals surface area contributed by atoms with Crippen LogP contribution < -0.4 is 5.32 Å². The summed E-state index contributed by atoms with van der Waals surface area (Å²) in [5.74, 6) is 1.47. The summed E-state index contributed by atoms with van der Waals surface area (Å²) in [7, 11) is 0. The Morgan fingerprint density at radius 3 is 2.50 bits per heavy atom. The number of halogens is 1. The Bertz CT molecular complexity index is 772. The van der Waals surface area contributed by atoms with Gasteiger partial charge in [0.1, 0.15) is 5.82 Å². The van der Waals surface area contributed by atoms with Gasteiger partial charge >= 0.3 is 0 Å². The van der Waals surface area contributed by atoms with Crippen LogP contribution in [-0.4, -0.2) is 9.97 Å². The lowest BCUT2D eigenvalue weighted by atomic mass is 10.2. The number of anilines is 2. The summed E-state index contributed by atoms with van der Waals surface area (Å²) in [4.78, 5) is 9.20. The van der Waals surface area contributed by atoms with Crippen LogP contribution in [0.3, 0.4) is 0 Å². The molecule has 0 saturated carbocycles. The molecule has 110 valence electrons. The van der Waals surface area contributed by atoms with Crippen LogP contribution >= 0.6 is 11.6 Å². The molecular formula is C18H16ClN3. The minimum atomic E-state index is 0.681.